The van der Waals surface area contributed by atoms with Gasteiger partial charge in [0, 0.05) is 63.8 Å². The van der Waals surface area contributed by atoms with Gasteiger partial charge in [-0.1, -0.05) is 176 Å². The van der Waals surface area contributed by atoms with E-state index in [2.05, 4.69) is 252 Å². The molecule has 10 aromatic carbocycles. The molecule has 0 saturated carbocycles. The van der Waals surface area contributed by atoms with Gasteiger partial charge < -0.3 is 9.80 Å². The maximum absolute atomic E-state index is 2.51. The molecule has 11 aromatic rings. The Balaban J connectivity index is 0.892. The average Bonchev–Trinajstić information content (AvgIpc) is 3.93. The summed E-state index contributed by atoms with van der Waals surface area (Å²) in [6, 6.07) is 83.7. The van der Waals surface area contributed by atoms with Crippen LogP contribution in [0.4, 0.5) is 28.4 Å². The highest BCUT2D eigenvalue weighted by Crippen LogP contribution is 2.62. The molecular formula is C65H44N2S2. The van der Waals surface area contributed by atoms with Gasteiger partial charge in [0.2, 0.25) is 0 Å². The van der Waals surface area contributed by atoms with Crippen molar-refractivity contribution < 1.29 is 0 Å². The zero-order chi connectivity index (χ0) is 45.5. The number of nitrogens with zero attached hydrogens (tertiary/aromatic N) is 2. The number of hydrogen-bond donors (Lipinski definition) is 0. The van der Waals surface area contributed by atoms with Gasteiger partial charge in [0.1, 0.15) is 0 Å². The topological polar surface area (TPSA) is 6.48 Å². The summed E-state index contributed by atoms with van der Waals surface area (Å²) in [4.78, 5) is 7.58. The molecule has 2 nitrogen and oxygen atoms in total. The van der Waals surface area contributed by atoms with Crippen LogP contribution in [0.3, 0.4) is 0 Å². The summed E-state index contributed by atoms with van der Waals surface area (Å²) >= 11 is 3.79. The minimum absolute atomic E-state index is 0.434. The maximum atomic E-state index is 2.51. The van der Waals surface area contributed by atoms with Crippen LogP contribution >= 0.6 is 23.1 Å². The molecule has 69 heavy (non-hydrogen) atoms. The fraction of sp³-hybridized carbons (Fsp3) is 0.0462. The van der Waals surface area contributed by atoms with Crippen LogP contribution in [0.5, 0.6) is 0 Å². The van der Waals surface area contributed by atoms with Gasteiger partial charge in [-0.25, -0.2) is 0 Å². The zero-order valence-corrected chi connectivity index (χ0v) is 39.4. The van der Waals surface area contributed by atoms with E-state index >= 15 is 0 Å². The number of hydrogen-bond acceptors (Lipinski definition) is 4. The number of fused-ring (bicyclic) bond motifs is 13. The van der Waals surface area contributed by atoms with Gasteiger partial charge in [-0.2, -0.15) is 0 Å². The van der Waals surface area contributed by atoms with E-state index in [-0.39, 0.29) is 0 Å². The fourth-order valence-electron chi connectivity index (χ4n) is 11.6. The highest BCUT2D eigenvalue weighted by molar-refractivity contribution is 7.99. The molecule has 0 amide bonds. The zero-order valence-electron chi connectivity index (χ0n) is 37.7. The summed E-state index contributed by atoms with van der Waals surface area (Å²) in [5, 5.41) is 5.03. The highest BCUT2D eigenvalue weighted by atomic mass is 32.2. The number of benzene rings is 10. The Labute approximate surface area is 410 Å². The Morgan fingerprint density at radius 3 is 1.75 bits per heavy atom. The minimum atomic E-state index is -0.434. The van der Waals surface area contributed by atoms with Crippen molar-refractivity contribution in [3.05, 3.63) is 271 Å². The molecule has 0 fully saturated rings. The quantitative estimate of drug-likeness (QED) is 0.157. The third-order valence-electron chi connectivity index (χ3n) is 14.5. The second-order valence-electron chi connectivity index (χ2n) is 18.3. The lowest BCUT2D eigenvalue weighted by atomic mass is 9.67. The van der Waals surface area contributed by atoms with Crippen molar-refractivity contribution in [2.45, 2.75) is 28.0 Å². The van der Waals surface area contributed by atoms with Gasteiger partial charge in [0.05, 0.1) is 11.1 Å². The predicted molar refractivity (Wildman–Crippen MR) is 293 cm³/mol. The summed E-state index contributed by atoms with van der Waals surface area (Å²) in [5.41, 5.74) is 17.2. The van der Waals surface area contributed by atoms with Crippen LogP contribution in [0, 0.1) is 0 Å². The molecule has 2 heterocycles. The van der Waals surface area contributed by atoms with Crippen molar-refractivity contribution in [3.8, 4) is 22.3 Å². The van der Waals surface area contributed by atoms with Crippen molar-refractivity contribution in [3.63, 3.8) is 0 Å². The van der Waals surface area contributed by atoms with Gasteiger partial charge in [-0.3, -0.25) is 0 Å². The van der Waals surface area contributed by atoms with E-state index in [1.54, 1.807) is 0 Å². The number of anilines is 5. The first kappa shape index (κ1) is 40.2. The molecule has 0 atom stereocenters. The predicted octanol–water partition coefficient (Wildman–Crippen LogP) is 18.5. The summed E-state index contributed by atoms with van der Waals surface area (Å²) in [6.07, 6.45) is 8.79. The van der Waals surface area contributed by atoms with Gasteiger partial charge in [-0.05, 0) is 142 Å². The summed E-state index contributed by atoms with van der Waals surface area (Å²) in [5.74, 6) is 0. The molecule has 0 bridgehead atoms. The van der Waals surface area contributed by atoms with Crippen LogP contribution in [0.25, 0.3) is 53.2 Å². The number of thiophene rings is 1. The smallest absolute Gasteiger partial charge is 0.0736 e. The third-order valence-corrected chi connectivity index (χ3v) is 16.8. The van der Waals surface area contributed by atoms with Crippen molar-refractivity contribution in [2.75, 3.05) is 9.80 Å². The molecule has 0 radical (unpaired) electrons. The highest BCUT2D eigenvalue weighted by Gasteiger charge is 2.50. The summed E-state index contributed by atoms with van der Waals surface area (Å²) in [7, 11) is 0. The van der Waals surface area contributed by atoms with Gasteiger partial charge in [0.15, 0.2) is 0 Å². The Morgan fingerprint density at radius 2 is 1.03 bits per heavy atom. The average molecular weight is 917 g/mol. The maximum Gasteiger partial charge on any atom is 0.0736 e. The second kappa shape index (κ2) is 16.1. The standard InChI is InChI=1S/C65H44N2S2/c1-4-19-46(20-5-1)66(50-37-39-60-58(42-50)65(57-30-16-17-31-59(57)68-60)55-28-14-12-26-52(55)53-27-13-15-29-56(53)65)49-35-32-43(33-36-49)44-34-38-54-61(40-44)69-62-41-45-18-10-11-25-51(45)64(63(54)62)67(47-21-6-2-7-22-47)48-23-8-3-9-24-48/h1-4,6-19,21-42H,5,20H2. The molecule has 14 rings (SSSR count). The molecule has 1 aromatic heterocycles. The van der Waals surface area contributed by atoms with Crippen molar-refractivity contribution in [2.24, 2.45) is 0 Å². The van der Waals surface area contributed by atoms with Crippen molar-refractivity contribution >= 4 is 82.5 Å². The first-order chi connectivity index (χ1) is 34.2. The first-order valence-corrected chi connectivity index (χ1v) is 25.5. The number of allylic oxidation sites excluding steroid dienone is 4. The lowest BCUT2D eigenvalue weighted by Gasteiger charge is -2.40. The largest absolute Gasteiger partial charge is 0.314 e. The molecule has 0 unspecified atom stereocenters. The van der Waals surface area contributed by atoms with Crippen LogP contribution in [-0.2, 0) is 5.41 Å². The molecule has 326 valence electrons. The molecule has 3 aliphatic rings. The van der Waals surface area contributed by atoms with Crippen molar-refractivity contribution in [1.29, 1.82) is 0 Å². The monoisotopic (exact) mass is 916 g/mol. The van der Waals surface area contributed by atoms with Crippen molar-refractivity contribution in [1.82, 2.24) is 0 Å². The third kappa shape index (κ3) is 6.26. The molecule has 0 saturated heterocycles. The van der Waals surface area contributed by atoms with Crippen LogP contribution in [0.15, 0.2) is 258 Å². The second-order valence-corrected chi connectivity index (χ2v) is 20.4. The van der Waals surface area contributed by atoms with Crippen LogP contribution in [0.1, 0.15) is 35.1 Å². The number of para-hydroxylation sites is 2. The van der Waals surface area contributed by atoms with Gasteiger partial charge in [-0.15, -0.1) is 11.3 Å². The van der Waals surface area contributed by atoms with E-state index < -0.39 is 5.41 Å². The van der Waals surface area contributed by atoms with Gasteiger partial charge >= 0.3 is 0 Å². The molecule has 4 heteroatoms. The lowest BCUT2D eigenvalue weighted by molar-refractivity contribution is 0.722. The SMILES string of the molecule is C1=CCCC(N(c2ccc(-c3ccc4c(c3)sc3cc5ccccc5c(N(c5ccccc5)c5ccccc5)c34)cc2)c2ccc3c(c2)C2(c4ccccc4S3)c3ccccc3-c3ccccc32)=C1. The molecular weight excluding hydrogens is 873 g/mol. The van der Waals surface area contributed by atoms with E-state index in [0.29, 0.717) is 0 Å². The van der Waals surface area contributed by atoms with E-state index in [1.807, 2.05) is 23.1 Å². The van der Waals surface area contributed by atoms with Crippen LogP contribution in [0.2, 0.25) is 0 Å². The molecule has 1 aliphatic heterocycles. The van der Waals surface area contributed by atoms with E-state index in [1.165, 1.54) is 102 Å². The Bertz CT molecular complexity index is 3800. The van der Waals surface area contributed by atoms with Gasteiger partial charge in [0.25, 0.3) is 0 Å². The Hall–Kier alpha value is -7.89. The number of rotatable bonds is 7. The lowest BCUT2D eigenvalue weighted by Crippen LogP contribution is -2.32. The fourth-order valence-corrected chi connectivity index (χ4v) is 14.0. The Morgan fingerprint density at radius 1 is 0.420 bits per heavy atom. The Kier molecular flexibility index (Phi) is 9.40. The minimum Gasteiger partial charge on any atom is -0.314 e. The van der Waals surface area contributed by atoms with Crippen LogP contribution < -0.4 is 9.80 Å². The van der Waals surface area contributed by atoms with E-state index in [9.17, 15) is 0 Å². The van der Waals surface area contributed by atoms with E-state index in [0.717, 1.165) is 29.9 Å². The summed E-state index contributed by atoms with van der Waals surface area (Å²) in [6.45, 7) is 0. The van der Waals surface area contributed by atoms with Crippen LogP contribution in [-0.4, -0.2) is 0 Å². The molecule has 2 aliphatic carbocycles. The first-order valence-electron chi connectivity index (χ1n) is 23.9. The normalized spacial score (nSPS) is 14.1. The molecule has 1 spiro atoms. The van der Waals surface area contributed by atoms with E-state index in [4.69, 9.17) is 0 Å². The molecule has 0 N–H and O–H groups in total. The summed E-state index contributed by atoms with van der Waals surface area (Å²) < 4.78 is 2.56.